The van der Waals surface area contributed by atoms with Gasteiger partial charge in [-0.1, -0.05) is 0 Å². The molecule has 0 spiro atoms. The second kappa shape index (κ2) is 14.6. The molecule has 0 aromatic rings. The molecule has 3 amide bonds. The van der Waals surface area contributed by atoms with E-state index in [-0.39, 0.29) is 0 Å². The number of carbonyl (C=O) groups is 3. The molecule has 146 valence electrons. The first-order valence-electron chi connectivity index (χ1n) is 8.13. The topological polar surface area (TPSA) is 105 Å². The summed E-state index contributed by atoms with van der Waals surface area (Å²) < 4.78 is 4.66. The van der Waals surface area contributed by atoms with E-state index in [4.69, 9.17) is 5.11 Å². The van der Waals surface area contributed by atoms with Gasteiger partial charge in [0, 0.05) is 5.54 Å². The Morgan fingerprint density at radius 2 is 1.36 bits per heavy atom. The van der Waals surface area contributed by atoms with Crippen LogP contribution in [0.15, 0.2) is 0 Å². The maximum Gasteiger partial charge on any atom is 0.329 e. The van der Waals surface area contributed by atoms with Gasteiger partial charge in [-0.2, -0.15) is 37.9 Å². The summed E-state index contributed by atoms with van der Waals surface area (Å²) >= 11 is 12.7. The molecule has 0 aliphatic rings. The number of imide groups is 1. The third-order valence-corrected chi connectivity index (χ3v) is 4.48. The predicted octanol–water partition coefficient (Wildman–Crippen LogP) is 1.78. The van der Waals surface area contributed by atoms with Crippen LogP contribution in [0.5, 0.6) is 0 Å². The number of carbonyl (C=O) groups excluding carboxylic acids is 2. The molecule has 0 rings (SSSR count). The maximum absolute atomic E-state index is 12.2. The van der Waals surface area contributed by atoms with Crippen LogP contribution in [0.1, 0.15) is 38.5 Å². The number of ether oxygens (including phenoxy) is 1. The number of urea groups is 1. The zero-order valence-electron chi connectivity index (χ0n) is 14.2. The minimum Gasteiger partial charge on any atom is -0.480 e. The van der Waals surface area contributed by atoms with E-state index in [9.17, 15) is 14.4 Å². The van der Waals surface area contributed by atoms with Crippen molar-refractivity contribution in [3.8, 4) is 0 Å². The van der Waals surface area contributed by atoms with Crippen molar-refractivity contribution in [1.82, 2.24) is 10.6 Å². The van der Waals surface area contributed by atoms with Gasteiger partial charge in [0.05, 0.1) is 0 Å². The van der Waals surface area contributed by atoms with Crippen LogP contribution in [-0.4, -0.2) is 59.0 Å². The molecule has 3 N–H and O–H groups in total. The van der Waals surface area contributed by atoms with Gasteiger partial charge >= 0.3 is 12.0 Å². The maximum atomic E-state index is 12.2. The van der Waals surface area contributed by atoms with Gasteiger partial charge < -0.3 is 15.2 Å². The van der Waals surface area contributed by atoms with E-state index < -0.39 is 36.7 Å². The molecule has 7 nitrogen and oxygen atoms in total. The third-order valence-electron chi connectivity index (χ3n) is 3.53. The Morgan fingerprint density at radius 1 is 0.880 bits per heavy atom. The summed E-state index contributed by atoms with van der Waals surface area (Å²) in [7, 11) is 0. The molecular weight excluding hydrogens is 384 g/mol. The van der Waals surface area contributed by atoms with Crippen molar-refractivity contribution >= 4 is 55.8 Å². The Labute approximate surface area is 165 Å². The Hall–Kier alpha value is -0.580. The van der Waals surface area contributed by atoms with E-state index in [1.54, 1.807) is 0 Å². The number of nitrogens with one attached hydrogen (secondary N) is 2. The quantitative estimate of drug-likeness (QED) is 0.244. The zero-order valence-corrected chi connectivity index (χ0v) is 16.9. The number of rotatable bonds is 14. The smallest absolute Gasteiger partial charge is 0.329 e. The fourth-order valence-electron chi connectivity index (χ4n) is 2.48. The average molecular weight is 413 g/mol. The van der Waals surface area contributed by atoms with E-state index in [0.29, 0.717) is 17.3 Å². The van der Waals surface area contributed by atoms with Crippen molar-refractivity contribution in [3.63, 3.8) is 0 Å². The zero-order chi connectivity index (χ0) is 19.1. The number of hydrogen-bond donors (Lipinski definition) is 6. The van der Waals surface area contributed by atoms with E-state index in [1.807, 2.05) is 0 Å². The third kappa shape index (κ3) is 12.4. The molecular formula is C15H28N2O5S3. The van der Waals surface area contributed by atoms with Crippen LogP contribution in [0.25, 0.3) is 0 Å². The molecule has 10 heteroatoms. The van der Waals surface area contributed by atoms with Crippen LogP contribution < -0.4 is 10.6 Å². The lowest BCUT2D eigenvalue weighted by molar-refractivity contribution is -0.143. The van der Waals surface area contributed by atoms with Crippen molar-refractivity contribution < 1.29 is 24.2 Å². The molecule has 0 bridgehead atoms. The molecule has 0 fully saturated rings. The molecule has 0 saturated heterocycles. The van der Waals surface area contributed by atoms with Gasteiger partial charge in [0.15, 0.2) is 0 Å². The first-order valence-corrected chi connectivity index (χ1v) is 10.0. The highest BCUT2D eigenvalue weighted by molar-refractivity contribution is 7.80. The lowest BCUT2D eigenvalue weighted by Gasteiger charge is -2.35. The first kappa shape index (κ1) is 24.4. The number of carboxylic acids is 1. The van der Waals surface area contributed by atoms with Crippen molar-refractivity contribution in [2.45, 2.75) is 44.1 Å². The molecule has 0 aliphatic carbocycles. The van der Waals surface area contributed by atoms with Gasteiger partial charge in [-0.25, -0.2) is 9.59 Å². The minimum atomic E-state index is -1.18. The largest absolute Gasteiger partial charge is 0.480 e. The summed E-state index contributed by atoms with van der Waals surface area (Å²) in [5.74, 6) is 0.241. The second-order valence-electron chi connectivity index (χ2n) is 5.65. The van der Waals surface area contributed by atoms with E-state index >= 15 is 0 Å². The van der Waals surface area contributed by atoms with Crippen LogP contribution >= 0.6 is 37.9 Å². The monoisotopic (exact) mass is 412 g/mol. The molecule has 0 aromatic carbocycles. The van der Waals surface area contributed by atoms with Gasteiger partial charge in [0.25, 0.3) is 5.91 Å². The highest BCUT2D eigenvalue weighted by Gasteiger charge is 2.30. The van der Waals surface area contributed by atoms with Crippen molar-refractivity contribution in [2.24, 2.45) is 0 Å². The van der Waals surface area contributed by atoms with Gasteiger partial charge in [-0.15, -0.1) is 0 Å². The molecule has 0 unspecified atom stereocenters. The van der Waals surface area contributed by atoms with Gasteiger partial charge in [-0.3, -0.25) is 10.1 Å². The van der Waals surface area contributed by atoms with Crippen LogP contribution in [0.3, 0.4) is 0 Å². The highest BCUT2D eigenvalue weighted by Crippen LogP contribution is 2.26. The lowest BCUT2D eigenvalue weighted by Crippen LogP contribution is -2.54. The fourth-order valence-corrected chi connectivity index (χ4v) is 2.96. The number of carboxylic acid groups (broad SMARTS) is 1. The molecule has 0 atom stereocenters. The fraction of sp³-hybridized carbons (Fsp3) is 0.800. The van der Waals surface area contributed by atoms with E-state index in [0.717, 1.165) is 38.5 Å². The average Bonchev–Trinajstić information content (AvgIpc) is 2.55. The number of hydrogen-bond acceptors (Lipinski definition) is 7. The van der Waals surface area contributed by atoms with Crippen molar-refractivity contribution in [3.05, 3.63) is 0 Å². The van der Waals surface area contributed by atoms with E-state index in [1.165, 1.54) is 0 Å². The Balaban J connectivity index is 4.73. The summed E-state index contributed by atoms with van der Waals surface area (Å²) in [5, 5.41) is 13.5. The molecule has 25 heavy (non-hydrogen) atoms. The summed E-state index contributed by atoms with van der Waals surface area (Å²) in [6, 6.07) is -0.610. The highest BCUT2D eigenvalue weighted by atomic mass is 32.1. The Morgan fingerprint density at radius 3 is 1.76 bits per heavy atom. The standard InChI is InChI=1S/C15H28N2O5S3/c18-12(10-22-11-13(19)20)16-14(21)17-15(4-1-7-23,5-2-8-24)6-3-9-25/h23-25H,1-11H2,(H,19,20)(H2,16,17,18,21). The summed E-state index contributed by atoms with van der Waals surface area (Å²) in [6.07, 6.45) is 4.73. The molecule has 0 aromatic heterocycles. The summed E-state index contributed by atoms with van der Waals surface area (Å²) in [5.41, 5.74) is -0.444. The van der Waals surface area contributed by atoms with Gasteiger partial charge in [0.2, 0.25) is 0 Å². The minimum absolute atomic E-state index is 0.444. The molecule has 0 saturated carbocycles. The first-order chi connectivity index (χ1) is 11.9. The number of thiol groups is 3. The lowest BCUT2D eigenvalue weighted by atomic mass is 9.84. The van der Waals surface area contributed by atoms with Gasteiger partial charge in [0.1, 0.15) is 13.2 Å². The van der Waals surface area contributed by atoms with Gasteiger partial charge in [-0.05, 0) is 55.8 Å². The number of amides is 3. The Kier molecular flexibility index (Phi) is 14.2. The van der Waals surface area contributed by atoms with E-state index in [2.05, 4.69) is 53.3 Å². The van der Waals surface area contributed by atoms with Crippen molar-refractivity contribution in [2.75, 3.05) is 30.5 Å². The van der Waals surface area contributed by atoms with Crippen LogP contribution in [-0.2, 0) is 14.3 Å². The summed E-state index contributed by atoms with van der Waals surface area (Å²) in [6.45, 7) is -1.08. The summed E-state index contributed by atoms with van der Waals surface area (Å²) in [4.78, 5) is 34.2. The van der Waals surface area contributed by atoms with Crippen LogP contribution in [0.2, 0.25) is 0 Å². The Bertz CT molecular complexity index is 402. The van der Waals surface area contributed by atoms with Crippen LogP contribution in [0.4, 0.5) is 4.79 Å². The number of aliphatic carboxylic acids is 1. The van der Waals surface area contributed by atoms with Crippen molar-refractivity contribution in [1.29, 1.82) is 0 Å². The molecule has 0 heterocycles. The molecule has 0 radical (unpaired) electrons. The molecule has 0 aliphatic heterocycles. The normalized spacial score (nSPS) is 11.2. The predicted molar refractivity (Wildman–Crippen MR) is 107 cm³/mol. The second-order valence-corrected chi connectivity index (χ2v) is 6.99. The van der Waals surface area contributed by atoms with Crippen LogP contribution in [0, 0.1) is 0 Å². The SMILES string of the molecule is O=C(O)COCC(=O)NC(=O)NC(CCCS)(CCCS)CCCS.